The molecule has 19 heavy (non-hydrogen) atoms. The van der Waals surface area contributed by atoms with Crippen LogP contribution in [-0.4, -0.2) is 17.9 Å². The predicted octanol–water partition coefficient (Wildman–Crippen LogP) is 3.77. The van der Waals surface area contributed by atoms with E-state index >= 15 is 0 Å². The lowest BCUT2D eigenvalue weighted by Crippen LogP contribution is -2.43. The van der Waals surface area contributed by atoms with Gasteiger partial charge in [-0.25, -0.2) is 4.79 Å². The SMILES string of the molecule is CC(C)/C=C/C(=O)C(=O)OC(C(C)(C)C)C(C)(C)C. The monoisotopic (exact) mass is 268 g/mol. The summed E-state index contributed by atoms with van der Waals surface area (Å²) in [5, 5.41) is 0. The van der Waals surface area contributed by atoms with Gasteiger partial charge in [-0.1, -0.05) is 61.5 Å². The van der Waals surface area contributed by atoms with E-state index in [1.54, 1.807) is 6.08 Å². The molecule has 0 atom stereocenters. The smallest absolute Gasteiger partial charge is 0.379 e. The Morgan fingerprint density at radius 1 is 0.947 bits per heavy atom. The average Bonchev–Trinajstić information content (AvgIpc) is 2.18. The molecule has 0 aromatic rings. The molecule has 0 rings (SSSR count). The summed E-state index contributed by atoms with van der Waals surface area (Å²) in [5.41, 5.74) is -0.425. The highest BCUT2D eigenvalue weighted by atomic mass is 16.6. The van der Waals surface area contributed by atoms with E-state index in [4.69, 9.17) is 4.74 Å². The van der Waals surface area contributed by atoms with Crippen LogP contribution in [0.1, 0.15) is 55.4 Å². The van der Waals surface area contributed by atoms with Gasteiger partial charge in [-0.3, -0.25) is 4.79 Å². The second kappa shape index (κ2) is 6.36. The zero-order valence-electron chi connectivity index (χ0n) is 13.5. The summed E-state index contributed by atoms with van der Waals surface area (Å²) in [5.74, 6) is -1.13. The fourth-order valence-electron chi connectivity index (χ4n) is 2.17. The normalized spacial score (nSPS) is 13.4. The third-order valence-corrected chi connectivity index (χ3v) is 2.63. The van der Waals surface area contributed by atoms with Crippen molar-refractivity contribution >= 4 is 11.8 Å². The van der Waals surface area contributed by atoms with Crippen molar-refractivity contribution in [3.8, 4) is 0 Å². The Bertz CT molecular complexity index is 337. The van der Waals surface area contributed by atoms with Crippen molar-refractivity contribution in [2.45, 2.75) is 61.5 Å². The Balaban J connectivity index is 4.89. The maximum absolute atomic E-state index is 11.8. The highest BCUT2D eigenvalue weighted by Gasteiger charge is 2.38. The fourth-order valence-corrected chi connectivity index (χ4v) is 2.17. The van der Waals surface area contributed by atoms with Gasteiger partial charge in [0.2, 0.25) is 0 Å². The molecule has 0 bridgehead atoms. The van der Waals surface area contributed by atoms with Gasteiger partial charge >= 0.3 is 5.97 Å². The van der Waals surface area contributed by atoms with Crippen LogP contribution >= 0.6 is 0 Å². The van der Waals surface area contributed by atoms with Gasteiger partial charge in [0.25, 0.3) is 5.78 Å². The van der Waals surface area contributed by atoms with E-state index in [0.717, 1.165) is 0 Å². The van der Waals surface area contributed by atoms with Gasteiger partial charge in [0.15, 0.2) is 0 Å². The zero-order valence-corrected chi connectivity index (χ0v) is 13.5. The highest BCUT2D eigenvalue weighted by Crippen LogP contribution is 2.36. The molecule has 0 aliphatic carbocycles. The first-order valence-corrected chi connectivity index (χ1v) is 6.79. The van der Waals surface area contributed by atoms with Crippen molar-refractivity contribution in [1.29, 1.82) is 0 Å². The van der Waals surface area contributed by atoms with E-state index in [-0.39, 0.29) is 22.9 Å². The highest BCUT2D eigenvalue weighted by molar-refractivity contribution is 6.38. The van der Waals surface area contributed by atoms with Gasteiger partial charge in [0, 0.05) is 0 Å². The molecule has 0 saturated carbocycles. The van der Waals surface area contributed by atoms with Gasteiger partial charge in [0.1, 0.15) is 6.10 Å². The third kappa shape index (κ3) is 6.55. The summed E-state index contributed by atoms with van der Waals surface area (Å²) in [6.07, 6.45) is 2.69. The zero-order chi connectivity index (χ0) is 15.4. The number of allylic oxidation sites excluding steroid dienone is 1. The Morgan fingerprint density at radius 3 is 1.68 bits per heavy atom. The molecule has 0 radical (unpaired) electrons. The van der Waals surface area contributed by atoms with Crippen LogP contribution in [0, 0.1) is 16.7 Å². The number of carbonyl (C=O) groups is 2. The maximum Gasteiger partial charge on any atom is 0.379 e. The molecule has 110 valence electrons. The lowest BCUT2D eigenvalue weighted by molar-refractivity contribution is -0.167. The van der Waals surface area contributed by atoms with Crippen LogP contribution in [-0.2, 0) is 14.3 Å². The second-order valence-electron chi connectivity index (χ2n) is 7.48. The number of hydrogen-bond acceptors (Lipinski definition) is 3. The quantitative estimate of drug-likeness (QED) is 0.443. The average molecular weight is 268 g/mol. The molecular formula is C16H28O3. The Labute approximate surface area is 117 Å². The molecule has 0 heterocycles. The van der Waals surface area contributed by atoms with E-state index < -0.39 is 11.8 Å². The summed E-state index contributed by atoms with van der Waals surface area (Å²) >= 11 is 0. The number of ketones is 1. The summed E-state index contributed by atoms with van der Waals surface area (Å²) in [6.45, 7) is 15.9. The van der Waals surface area contributed by atoms with E-state index in [2.05, 4.69) is 0 Å². The molecule has 0 N–H and O–H groups in total. The van der Waals surface area contributed by atoms with Crippen LogP contribution in [0.5, 0.6) is 0 Å². The summed E-state index contributed by atoms with van der Waals surface area (Å²) in [7, 11) is 0. The van der Waals surface area contributed by atoms with Gasteiger partial charge < -0.3 is 4.74 Å². The molecule has 0 aromatic heterocycles. The van der Waals surface area contributed by atoms with E-state index in [0.29, 0.717) is 0 Å². The van der Waals surface area contributed by atoms with Crippen molar-refractivity contribution in [3.63, 3.8) is 0 Å². The number of ether oxygens (including phenoxy) is 1. The van der Waals surface area contributed by atoms with Crippen LogP contribution in [0.3, 0.4) is 0 Å². The number of hydrogen-bond donors (Lipinski definition) is 0. The summed E-state index contributed by atoms with van der Waals surface area (Å²) < 4.78 is 5.43. The minimum Gasteiger partial charge on any atom is -0.455 e. The Kier molecular flexibility index (Phi) is 5.98. The largest absolute Gasteiger partial charge is 0.455 e. The molecule has 0 unspecified atom stereocenters. The topological polar surface area (TPSA) is 43.4 Å². The van der Waals surface area contributed by atoms with Crippen LogP contribution in [0.2, 0.25) is 0 Å². The third-order valence-electron chi connectivity index (χ3n) is 2.63. The van der Waals surface area contributed by atoms with E-state index in [1.807, 2.05) is 55.4 Å². The molecular weight excluding hydrogens is 240 g/mol. The lowest BCUT2D eigenvalue weighted by atomic mass is 9.74. The molecule has 0 aromatic carbocycles. The number of carbonyl (C=O) groups excluding carboxylic acids is 2. The second-order valence-corrected chi connectivity index (χ2v) is 7.48. The van der Waals surface area contributed by atoms with Crippen molar-refractivity contribution in [3.05, 3.63) is 12.2 Å². The minimum absolute atomic E-state index is 0.212. The lowest BCUT2D eigenvalue weighted by Gasteiger charge is -2.39. The number of esters is 1. The standard InChI is InChI=1S/C16H28O3/c1-11(2)9-10-12(17)13(18)19-14(15(3,4)5)16(6,7)8/h9-11,14H,1-8H3/b10-9+. The van der Waals surface area contributed by atoms with Crippen molar-refractivity contribution in [2.75, 3.05) is 0 Å². The van der Waals surface area contributed by atoms with Crippen LogP contribution in [0.15, 0.2) is 12.2 Å². The molecule has 0 amide bonds. The Hall–Kier alpha value is -1.12. The molecule has 3 nitrogen and oxygen atoms in total. The predicted molar refractivity (Wildman–Crippen MR) is 77.8 cm³/mol. The molecule has 3 heteroatoms. The van der Waals surface area contributed by atoms with Crippen LogP contribution in [0.4, 0.5) is 0 Å². The summed E-state index contributed by atoms with van der Waals surface area (Å²) in [4.78, 5) is 23.5. The van der Waals surface area contributed by atoms with Gasteiger partial charge in [-0.05, 0) is 22.8 Å². The fraction of sp³-hybridized carbons (Fsp3) is 0.750. The first-order valence-electron chi connectivity index (χ1n) is 6.79. The van der Waals surface area contributed by atoms with Gasteiger partial charge in [-0.15, -0.1) is 0 Å². The van der Waals surface area contributed by atoms with E-state index in [1.165, 1.54) is 6.08 Å². The maximum atomic E-state index is 11.8. The van der Waals surface area contributed by atoms with Crippen LogP contribution < -0.4 is 0 Å². The minimum atomic E-state index is -0.772. The molecule has 0 spiro atoms. The molecule has 0 saturated heterocycles. The van der Waals surface area contributed by atoms with Crippen molar-refractivity contribution in [1.82, 2.24) is 0 Å². The summed E-state index contributed by atoms with van der Waals surface area (Å²) in [6, 6.07) is 0. The van der Waals surface area contributed by atoms with Crippen LogP contribution in [0.25, 0.3) is 0 Å². The van der Waals surface area contributed by atoms with Crippen molar-refractivity contribution in [2.24, 2.45) is 16.7 Å². The van der Waals surface area contributed by atoms with E-state index in [9.17, 15) is 9.59 Å². The van der Waals surface area contributed by atoms with Gasteiger partial charge in [0.05, 0.1) is 0 Å². The van der Waals surface area contributed by atoms with Gasteiger partial charge in [-0.2, -0.15) is 0 Å². The first-order chi connectivity index (χ1) is 8.35. The first kappa shape index (κ1) is 17.9. The molecule has 0 fully saturated rings. The number of rotatable bonds is 4. The molecule has 0 aliphatic rings. The Morgan fingerprint density at radius 2 is 1.37 bits per heavy atom. The molecule has 0 aliphatic heterocycles. The van der Waals surface area contributed by atoms with Crippen molar-refractivity contribution < 1.29 is 14.3 Å².